The summed E-state index contributed by atoms with van der Waals surface area (Å²) in [5.41, 5.74) is 1.40. The highest BCUT2D eigenvalue weighted by Gasteiger charge is 2.10. The van der Waals surface area contributed by atoms with Gasteiger partial charge in [0, 0.05) is 0 Å². The molecule has 0 unspecified atom stereocenters. The average molecular weight is 209 g/mol. The molecule has 14 heavy (non-hydrogen) atoms. The topological polar surface area (TPSA) is 52.3 Å². The summed E-state index contributed by atoms with van der Waals surface area (Å²) in [5, 5.41) is -0.130. The number of ether oxygens (including phenoxy) is 1. The third kappa shape index (κ3) is 1.72. The van der Waals surface area contributed by atoms with E-state index in [1.54, 1.807) is 6.07 Å². The summed E-state index contributed by atoms with van der Waals surface area (Å²) in [6, 6.07) is 7.32. The lowest BCUT2D eigenvalue weighted by Gasteiger charge is -1.90. The lowest BCUT2D eigenvalue weighted by Crippen LogP contribution is -1.89. The van der Waals surface area contributed by atoms with Gasteiger partial charge in [0.25, 0.3) is 5.22 Å². The summed E-state index contributed by atoms with van der Waals surface area (Å²) in [7, 11) is 1.32. The number of carbonyl (C=O) groups excluding carboxylic acids is 1. The van der Waals surface area contributed by atoms with E-state index in [0.29, 0.717) is 10.8 Å². The van der Waals surface area contributed by atoms with Crippen LogP contribution in [0.5, 0.6) is 0 Å². The first kappa shape index (κ1) is 9.08. The predicted molar refractivity (Wildman–Crippen MR) is 52.3 cm³/mol. The number of nitrogens with zero attached hydrogens (tertiary/aromatic N) is 1. The Bertz CT molecular complexity index is 433. The van der Waals surface area contributed by atoms with Gasteiger partial charge >= 0.3 is 5.30 Å². The van der Waals surface area contributed by atoms with E-state index in [0.717, 1.165) is 17.3 Å². The first-order chi connectivity index (χ1) is 6.79. The van der Waals surface area contributed by atoms with Crippen molar-refractivity contribution >= 4 is 28.2 Å². The van der Waals surface area contributed by atoms with Gasteiger partial charge < -0.3 is 9.15 Å². The normalized spacial score (nSPS) is 10.4. The summed E-state index contributed by atoms with van der Waals surface area (Å²) in [6.45, 7) is 0. The minimum Gasteiger partial charge on any atom is -0.461 e. The lowest BCUT2D eigenvalue weighted by molar-refractivity contribution is 0.200. The van der Waals surface area contributed by atoms with Gasteiger partial charge in [-0.05, 0) is 12.1 Å². The van der Waals surface area contributed by atoms with Crippen LogP contribution < -0.4 is 0 Å². The molecule has 0 aliphatic rings. The first-order valence-electron chi connectivity index (χ1n) is 3.91. The molecular formula is C9H7NO3S. The van der Waals surface area contributed by atoms with Crippen molar-refractivity contribution in [3.05, 3.63) is 24.3 Å². The quantitative estimate of drug-likeness (QED) is 0.534. The highest BCUT2D eigenvalue weighted by molar-refractivity contribution is 8.13. The van der Waals surface area contributed by atoms with Crippen LogP contribution in [0.1, 0.15) is 0 Å². The molecule has 0 radical (unpaired) electrons. The van der Waals surface area contributed by atoms with E-state index in [-0.39, 0.29) is 0 Å². The van der Waals surface area contributed by atoms with Crippen LogP contribution in [0.2, 0.25) is 0 Å². The maximum atomic E-state index is 10.9. The van der Waals surface area contributed by atoms with Crippen LogP contribution in [0.3, 0.4) is 0 Å². The van der Waals surface area contributed by atoms with E-state index < -0.39 is 5.30 Å². The molecule has 0 atom stereocenters. The molecular weight excluding hydrogens is 202 g/mol. The number of fused-ring (bicyclic) bond motifs is 1. The van der Waals surface area contributed by atoms with Crippen LogP contribution in [0.4, 0.5) is 4.79 Å². The zero-order chi connectivity index (χ0) is 9.97. The summed E-state index contributed by atoms with van der Waals surface area (Å²) < 4.78 is 9.77. The average Bonchev–Trinajstić information content (AvgIpc) is 2.59. The van der Waals surface area contributed by atoms with Crippen LogP contribution in [0.15, 0.2) is 33.9 Å². The van der Waals surface area contributed by atoms with Gasteiger partial charge in [0.1, 0.15) is 5.52 Å². The maximum absolute atomic E-state index is 10.9. The van der Waals surface area contributed by atoms with Gasteiger partial charge in [-0.25, -0.2) is 9.78 Å². The second-order valence-electron chi connectivity index (χ2n) is 2.50. The Morgan fingerprint density at radius 3 is 3.00 bits per heavy atom. The number of methoxy groups -OCH3 is 1. The minimum absolute atomic E-state index is 0.304. The van der Waals surface area contributed by atoms with Crippen LogP contribution in [0, 0.1) is 0 Å². The SMILES string of the molecule is COC(=O)Sc1nc2ccccc2o1. The number of oxazole rings is 1. The number of aromatic nitrogens is 1. The molecule has 0 aliphatic heterocycles. The monoisotopic (exact) mass is 209 g/mol. The van der Waals surface area contributed by atoms with E-state index in [1.165, 1.54) is 7.11 Å². The Balaban J connectivity index is 2.31. The van der Waals surface area contributed by atoms with Gasteiger partial charge in [0.05, 0.1) is 18.9 Å². The minimum atomic E-state index is -0.434. The third-order valence-electron chi connectivity index (χ3n) is 1.61. The predicted octanol–water partition coefficient (Wildman–Crippen LogP) is 2.69. The molecule has 72 valence electrons. The van der Waals surface area contributed by atoms with Crippen molar-refractivity contribution in [2.75, 3.05) is 7.11 Å². The second kappa shape index (κ2) is 3.71. The number of thioether (sulfide) groups is 1. The molecule has 1 aromatic carbocycles. The Hall–Kier alpha value is -1.49. The maximum Gasteiger partial charge on any atom is 0.376 e. The van der Waals surface area contributed by atoms with E-state index >= 15 is 0 Å². The highest BCUT2D eigenvalue weighted by atomic mass is 32.2. The van der Waals surface area contributed by atoms with Gasteiger partial charge in [-0.1, -0.05) is 12.1 Å². The fourth-order valence-corrected chi connectivity index (χ4v) is 1.51. The standard InChI is InChI=1S/C9H7NO3S/c1-12-9(11)14-8-10-6-4-2-3-5-7(6)13-8/h2-5H,1H3. The largest absolute Gasteiger partial charge is 0.461 e. The van der Waals surface area contributed by atoms with Crippen molar-refractivity contribution in [3.8, 4) is 0 Å². The molecule has 0 aliphatic carbocycles. The van der Waals surface area contributed by atoms with Crippen LogP contribution in [-0.4, -0.2) is 17.4 Å². The van der Waals surface area contributed by atoms with Crippen molar-refractivity contribution in [1.82, 2.24) is 4.98 Å². The number of hydrogen-bond acceptors (Lipinski definition) is 5. The van der Waals surface area contributed by atoms with E-state index in [2.05, 4.69) is 9.72 Å². The van der Waals surface area contributed by atoms with Gasteiger partial charge in [-0.2, -0.15) is 0 Å². The summed E-state index contributed by atoms with van der Waals surface area (Å²) in [5.74, 6) is 0. The molecule has 0 spiro atoms. The molecule has 0 N–H and O–H groups in total. The van der Waals surface area contributed by atoms with Crippen molar-refractivity contribution in [2.45, 2.75) is 5.22 Å². The van der Waals surface area contributed by atoms with E-state index in [9.17, 15) is 4.79 Å². The molecule has 0 amide bonds. The van der Waals surface area contributed by atoms with E-state index in [1.807, 2.05) is 18.2 Å². The molecule has 4 nitrogen and oxygen atoms in total. The Morgan fingerprint density at radius 1 is 1.50 bits per heavy atom. The molecule has 1 heterocycles. The Labute approximate surface area is 84.3 Å². The first-order valence-corrected chi connectivity index (χ1v) is 4.72. The zero-order valence-corrected chi connectivity index (χ0v) is 8.21. The van der Waals surface area contributed by atoms with Gasteiger partial charge in [-0.15, -0.1) is 0 Å². The summed E-state index contributed by atoms with van der Waals surface area (Å²) >= 11 is 0.830. The number of hydrogen-bond donors (Lipinski definition) is 0. The van der Waals surface area contributed by atoms with Crippen molar-refractivity contribution in [2.24, 2.45) is 0 Å². The van der Waals surface area contributed by atoms with Gasteiger partial charge in [-0.3, -0.25) is 0 Å². The van der Waals surface area contributed by atoms with Gasteiger partial charge in [0.2, 0.25) is 0 Å². The van der Waals surface area contributed by atoms with Crippen LogP contribution in [-0.2, 0) is 4.74 Å². The van der Waals surface area contributed by atoms with Gasteiger partial charge in [0.15, 0.2) is 5.58 Å². The zero-order valence-electron chi connectivity index (χ0n) is 7.39. The number of carbonyl (C=O) groups is 1. The fourth-order valence-electron chi connectivity index (χ4n) is 1.01. The van der Waals surface area contributed by atoms with Crippen molar-refractivity contribution in [3.63, 3.8) is 0 Å². The molecule has 5 heteroatoms. The molecule has 2 rings (SSSR count). The molecule has 0 fully saturated rings. The van der Waals surface area contributed by atoms with Crippen LogP contribution in [0.25, 0.3) is 11.1 Å². The molecule has 1 aromatic heterocycles. The Morgan fingerprint density at radius 2 is 2.29 bits per heavy atom. The highest BCUT2D eigenvalue weighted by Crippen LogP contribution is 2.23. The smallest absolute Gasteiger partial charge is 0.376 e. The fraction of sp³-hybridized carbons (Fsp3) is 0.111. The lowest BCUT2D eigenvalue weighted by atomic mass is 10.3. The Kier molecular flexibility index (Phi) is 2.41. The summed E-state index contributed by atoms with van der Waals surface area (Å²) in [4.78, 5) is 15.0. The van der Waals surface area contributed by atoms with Crippen molar-refractivity contribution < 1.29 is 13.9 Å². The number of para-hydroxylation sites is 2. The second-order valence-corrected chi connectivity index (χ2v) is 3.39. The molecule has 0 bridgehead atoms. The third-order valence-corrected chi connectivity index (χ3v) is 2.29. The summed E-state index contributed by atoms with van der Waals surface area (Å²) in [6.07, 6.45) is 0. The number of benzene rings is 1. The number of rotatable bonds is 1. The molecule has 0 saturated heterocycles. The molecule has 2 aromatic rings. The van der Waals surface area contributed by atoms with Crippen molar-refractivity contribution in [1.29, 1.82) is 0 Å². The molecule has 0 saturated carbocycles. The van der Waals surface area contributed by atoms with E-state index in [4.69, 9.17) is 4.42 Å². The van der Waals surface area contributed by atoms with Crippen LogP contribution >= 0.6 is 11.8 Å².